The largest absolute Gasteiger partial charge is 0.380 e. The highest BCUT2D eigenvalue weighted by atomic mass is 16.5. The van der Waals surface area contributed by atoms with Crippen molar-refractivity contribution in [3.8, 4) is 0 Å². The highest BCUT2D eigenvalue weighted by Gasteiger charge is 2.08. The second-order valence-corrected chi connectivity index (χ2v) is 3.42. The van der Waals surface area contributed by atoms with Crippen molar-refractivity contribution in [1.29, 1.82) is 0 Å². The lowest BCUT2D eigenvalue weighted by Gasteiger charge is -2.19. The molecule has 0 saturated heterocycles. The van der Waals surface area contributed by atoms with Crippen LogP contribution in [0, 0.1) is 0 Å². The molecule has 0 spiro atoms. The van der Waals surface area contributed by atoms with Gasteiger partial charge in [-0.05, 0) is 26.2 Å². The highest BCUT2D eigenvalue weighted by Crippen LogP contribution is 2.09. The van der Waals surface area contributed by atoms with Gasteiger partial charge in [-0.15, -0.1) is 0 Å². The van der Waals surface area contributed by atoms with Crippen LogP contribution in [0.2, 0.25) is 0 Å². The first-order valence-corrected chi connectivity index (χ1v) is 4.75. The van der Waals surface area contributed by atoms with Gasteiger partial charge in [0, 0.05) is 19.7 Å². The molecular weight excluding hydrogens is 150 g/mol. The van der Waals surface area contributed by atoms with Crippen molar-refractivity contribution in [3.05, 3.63) is 12.2 Å². The summed E-state index contributed by atoms with van der Waals surface area (Å²) in [5.41, 5.74) is 0. The Morgan fingerprint density at radius 3 is 3.08 bits per heavy atom. The first kappa shape index (κ1) is 9.75. The first-order chi connectivity index (χ1) is 5.83. The second kappa shape index (κ2) is 5.33. The molecule has 1 aliphatic carbocycles. The molecule has 70 valence electrons. The monoisotopic (exact) mass is 169 g/mol. The van der Waals surface area contributed by atoms with E-state index in [9.17, 15) is 0 Å². The molecule has 0 aromatic heterocycles. The molecular formula is C10H19NO. The molecule has 2 atom stereocenters. The van der Waals surface area contributed by atoms with Crippen LogP contribution in [-0.4, -0.2) is 25.8 Å². The van der Waals surface area contributed by atoms with Crippen molar-refractivity contribution in [2.75, 3.05) is 13.7 Å². The molecule has 1 aliphatic rings. The Morgan fingerprint density at radius 1 is 1.67 bits per heavy atom. The molecule has 0 radical (unpaired) electrons. The summed E-state index contributed by atoms with van der Waals surface area (Å²) in [5.74, 6) is 0. The number of methoxy groups -OCH3 is 1. The number of allylic oxidation sites excluding steroid dienone is 1. The smallest absolute Gasteiger partial charge is 0.0667 e. The summed E-state index contributed by atoms with van der Waals surface area (Å²) in [5, 5.41) is 3.46. The molecule has 2 heteroatoms. The van der Waals surface area contributed by atoms with Crippen molar-refractivity contribution in [2.45, 2.75) is 38.3 Å². The molecule has 0 fully saturated rings. The summed E-state index contributed by atoms with van der Waals surface area (Å²) in [6, 6.07) is 0.580. The molecule has 0 aromatic carbocycles. The van der Waals surface area contributed by atoms with Crippen LogP contribution in [-0.2, 0) is 4.74 Å². The van der Waals surface area contributed by atoms with Gasteiger partial charge in [0.2, 0.25) is 0 Å². The Morgan fingerprint density at radius 2 is 2.50 bits per heavy atom. The van der Waals surface area contributed by atoms with E-state index in [2.05, 4.69) is 24.4 Å². The summed E-state index contributed by atoms with van der Waals surface area (Å²) in [7, 11) is 1.75. The maximum atomic E-state index is 5.15. The lowest BCUT2D eigenvalue weighted by atomic mass is 10.0. The van der Waals surface area contributed by atoms with Gasteiger partial charge >= 0.3 is 0 Å². The maximum absolute atomic E-state index is 5.15. The van der Waals surface area contributed by atoms with Crippen LogP contribution in [0.3, 0.4) is 0 Å². The Kier molecular flexibility index (Phi) is 4.33. The van der Waals surface area contributed by atoms with Gasteiger partial charge in [-0.3, -0.25) is 0 Å². The van der Waals surface area contributed by atoms with E-state index in [-0.39, 0.29) is 0 Å². The fraction of sp³-hybridized carbons (Fsp3) is 0.800. The fourth-order valence-electron chi connectivity index (χ4n) is 1.38. The molecule has 1 N–H and O–H groups in total. The van der Waals surface area contributed by atoms with Crippen molar-refractivity contribution < 1.29 is 4.74 Å². The van der Waals surface area contributed by atoms with Gasteiger partial charge in [-0.25, -0.2) is 0 Å². The van der Waals surface area contributed by atoms with Gasteiger partial charge in [-0.1, -0.05) is 12.2 Å². The Hall–Kier alpha value is -0.340. The minimum absolute atomic E-state index is 0.320. The molecule has 0 saturated carbocycles. The van der Waals surface area contributed by atoms with E-state index in [0.717, 1.165) is 6.54 Å². The van der Waals surface area contributed by atoms with Gasteiger partial charge in [0.15, 0.2) is 0 Å². The van der Waals surface area contributed by atoms with Crippen LogP contribution in [0.5, 0.6) is 0 Å². The highest BCUT2D eigenvalue weighted by molar-refractivity contribution is 4.97. The van der Waals surface area contributed by atoms with E-state index in [1.165, 1.54) is 19.3 Å². The van der Waals surface area contributed by atoms with E-state index in [1.54, 1.807) is 7.11 Å². The lowest BCUT2D eigenvalue weighted by molar-refractivity contribution is 0.115. The minimum atomic E-state index is 0.320. The SMILES string of the molecule is COC(C)CNC1C=CCCC1. The Labute approximate surface area is 75.0 Å². The molecule has 2 unspecified atom stereocenters. The van der Waals surface area contributed by atoms with Crippen LogP contribution in [0.15, 0.2) is 12.2 Å². The summed E-state index contributed by atoms with van der Waals surface area (Å²) >= 11 is 0. The zero-order valence-corrected chi connectivity index (χ0v) is 8.05. The first-order valence-electron chi connectivity index (χ1n) is 4.75. The zero-order valence-electron chi connectivity index (χ0n) is 8.05. The van der Waals surface area contributed by atoms with Gasteiger partial charge in [0.05, 0.1) is 6.10 Å². The van der Waals surface area contributed by atoms with E-state index in [4.69, 9.17) is 4.74 Å². The van der Waals surface area contributed by atoms with Crippen LogP contribution >= 0.6 is 0 Å². The van der Waals surface area contributed by atoms with E-state index >= 15 is 0 Å². The average molecular weight is 169 g/mol. The van der Waals surface area contributed by atoms with Crippen molar-refractivity contribution in [3.63, 3.8) is 0 Å². The number of rotatable bonds is 4. The molecule has 0 amide bonds. The third-order valence-corrected chi connectivity index (χ3v) is 2.32. The van der Waals surface area contributed by atoms with Crippen molar-refractivity contribution in [2.24, 2.45) is 0 Å². The zero-order chi connectivity index (χ0) is 8.81. The Balaban J connectivity index is 2.13. The molecule has 0 heterocycles. The molecule has 0 aliphatic heterocycles. The van der Waals surface area contributed by atoms with E-state index in [0.29, 0.717) is 12.1 Å². The number of ether oxygens (including phenoxy) is 1. The van der Waals surface area contributed by atoms with Crippen molar-refractivity contribution >= 4 is 0 Å². The van der Waals surface area contributed by atoms with Gasteiger partial charge < -0.3 is 10.1 Å². The molecule has 1 rings (SSSR count). The van der Waals surface area contributed by atoms with E-state index in [1.807, 2.05) is 0 Å². The average Bonchev–Trinajstić information content (AvgIpc) is 2.16. The van der Waals surface area contributed by atoms with Gasteiger partial charge in [0.1, 0.15) is 0 Å². The van der Waals surface area contributed by atoms with Crippen LogP contribution in [0.25, 0.3) is 0 Å². The standard InChI is InChI=1S/C10H19NO/c1-9(12-2)8-11-10-6-4-3-5-7-10/h4,6,9-11H,3,5,7-8H2,1-2H3. The fourth-order valence-corrected chi connectivity index (χ4v) is 1.38. The van der Waals surface area contributed by atoms with Gasteiger partial charge in [0.25, 0.3) is 0 Å². The number of hydrogen-bond donors (Lipinski definition) is 1. The predicted octanol–water partition coefficient (Wildman–Crippen LogP) is 1.72. The normalized spacial score (nSPS) is 25.7. The topological polar surface area (TPSA) is 21.3 Å². The van der Waals surface area contributed by atoms with Gasteiger partial charge in [-0.2, -0.15) is 0 Å². The van der Waals surface area contributed by atoms with Crippen molar-refractivity contribution in [1.82, 2.24) is 5.32 Å². The number of hydrogen-bond acceptors (Lipinski definition) is 2. The third-order valence-electron chi connectivity index (χ3n) is 2.32. The maximum Gasteiger partial charge on any atom is 0.0667 e. The summed E-state index contributed by atoms with van der Waals surface area (Å²) in [6.45, 7) is 3.03. The summed E-state index contributed by atoms with van der Waals surface area (Å²) in [4.78, 5) is 0. The molecule has 0 bridgehead atoms. The molecule has 12 heavy (non-hydrogen) atoms. The molecule has 0 aromatic rings. The third kappa shape index (κ3) is 3.37. The summed E-state index contributed by atoms with van der Waals surface area (Å²) in [6.07, 6.45) is 8.69. The Bertz CT molecular complexity index is 145. The minimum Gasteiger partial charge on any atom is -0.380 e. The second-order valence-electron chi connectivity index (χ2n) is 3.42. The summed E-state index contributed by atoms with van der Waals surface area (Å²) < 4.78 is 5.15. The van der Waals surface area contributed by atoms with Crippen LogP contribution in [0.1, 0.15) is 26.2 Å². The predicted molar refractivity (Wildman–Crippen MR) is 51.3 cm³/mol. The molecule has 2 nitrogen and oxygen atoms in total. The lowest BCUT2D eigenvalue weighted by Crippen LogP contribution is -2.34. The van der Waals surface area contributed by atoms with Crippen LogP contribution in [0.4, 0.5) is 0 Å². The number of nitrogens with one attached hydrogen (secondary N) is 1. The van der Waals surface area contributed by atoms with Crippen LogP contribution < -0.4 is 5.32 Å². The van der Waals surface area contributed by atoms with E-state index < -0.39 is 0 Å². The quantitative estimate of drug-likeness (QED) is 0.647.